The van der Waals surface area contributed by atoms with E-state index < -0.39 is 5.41 Å². The molecule has 2 atom stereocenters. The number of carbonyl (C=O) groups is 2. The van der Waals surface area contributed by atoms with Crippen LogP contribution in [-0.4, -0.2) is 39.7 Å². The lowest BCUT2D eigenvalue weighted by atomic mass is 9.77. The third-order valence-corrected chi connectivity index (χ3v) is 6.27. The number of fused-ring (bicyclic) bond motifs is 1. The quantitative estimate of drug-likeness (QED) is 0.528. The molecule has 4 rings (SSSR count). The second-order valence-corrected chi connectivity index (χ2v) is 10.1. The van der Waals surface area contributed by atoms with Crippen LogP contribution in [0, 0.1) is 10.8 Å². The van der Waals surface area contributed by atoms with Gasteiger partial charge in [-0.05, 0) is 24.6 Å². The Morgan fingerprint density at radius 1 is 1.25 bits per heavy atom. The summed E-state index contributed by atoms with van der Waals surface area (Å²) >= 11 is 0. The Labute approximate surface area is 188 Å². The lowest BCUT2D eigenvalue weighted by Crippen LogP contribution is -2.40. The number of carbonyl (C=O) groups excluding carboxylic acids is 2. The number of benzene rings is 1. The zero-order chi connectivity index (χ0) is 23.1. The van der Waals surface area contributed by atoms with Gasteiger partial charge in [-0.2, -0.15) is 0 Å². The van der Waals surface area contributed by atoms with E-state index >= 15 is 0 Å². The number of nitrogens with one attached hydrogen (secondary N) is 3. The summed E-state index contributed by atoms with van der Waals surface area (Å²) in [6, 6.07) is 7.96. The first-order valence-electron chi connectivity index (χ1n) is 11.1. The smallest absolute Gasteiger partial charge is 0.217 e. The highest BCUT2D eigenvalue weighted by molar-refractivity contribution is 6.08. The van der Waals surface area contributed by atoms with Crippen molar-refractivity contribution < 1.29 is 9.59 Å². The number of Topliss-reactive ketones (excluding diaryl/α,β-unsaturated/α-hetero) is 1. The van der Waals surface area contributed by atoms with Crippen LogP contribution >= 0.6 is 0 Å². The Morgan fingerprint density at radius 2 is 2.03 bits per heavy atom. The van der Waals surface area contributed by atoms with E-state index in [4.69, 9.17) is 4.98 Å². The standard InChI is InChI=1S/C25H31N5O2/c1-15(31)29-21(25(5)9-10-26-14-25)17-8-6-7-16(11-17)19-13-28-23-20(30-19)18(12-27-23)22(32)24(2,3)4/h6-8,11-13,21,26H,9-10,14H2,1-5H3,(H,27,28)(H,29,31). The fraction of sp³-hybridized carbons (Fsp3) is 0.440. The van der Waals surface area contributed by atoms with Crippen molar-refractivity contribution in [3.05, 3.63) is 47.8 Å². The Hall–Kier alpha value is -3.06. The molecular weight excluding hydrogens is 402 g/mol. The topological polar surface area (TPSA) is 99.8 Å². The van der Waals surface area contributed by atoms with Gasteiger partial charge in [0, 0.05) is 36.1 Å². The molecule has 0 radical (unpaired) electrons. The highest BCUT2D eigenvalue weighted by Gasteiger charge is 2.38. The maximum atomic E-state index is 12.9. The minimum absolute atomic E-state index is 0.0244. The van der Waals surface area contributed by atoms with Gasteiger partial charge in [-0.15, -0.1) is 0 Å². The number of ketones is 1. The Bertz CT molecular complexity index is 1170. The molecule has 3 N–H and O–H groups in total. The molecule has 1 fully saturated rings. The van der Waals surface area contributed by atoms with E-state index in [-0.39, 0.29) is 23.1 Å². The largest absolute Gasteiger partial charge is 0.349 e. The van der Waals surface area contributed by atoms with Crippen molar-refractivity contribution >= 4 is 22.9 Å². The first kappa shape index (κ1) is 22.1. The van der Waals surface area contributed by atoms with Gasteiger partial charge in [-0.1, -0.05) is 45.9 Å². The van der Waals surface area contributed by atoms with Gasteiger partial charge in [0.25, 0.3) is 0 Å². The summed E-state index contributed by atoms with van der Waals surface area (Å²) in [6.07, 6.45) is 4.39. The van der Waals surface area contributed by atoms with Crippen molar-refractivity contribution in [3.8, 4) is 11.3 Å². The van der Waals surface area contributed by atoms with E-state index in [1.807, 2.05) is 39.0 Å². The molecule has 2 aromatic heterocycles. The Kier molecular flexibility index (Phi) is 5.63. The number of rotatable bonds is 5. The monoisotopic (exact) mass is 433 g/mol. The molecule has 0 saturated carbocycles. The van der Waals surface area contributed by atoms with Crippen LogP contribution in [0.2, 0.25) is 0 Å². The molecule has 0 bridgehead atoms. The van der Waals surface area contributed by atoms with E-state index in [9.17, 15) is 9.59 Å². The zero-order valence-corrected chi connectivity index (χ0v) is 19.4. The van der Waals surface area contributed by atoms with E-state index in [1.54, 1.807) is 19.3 Å². The van der Waals surface area contributed by atoms with Gasteiger partial charge < -0.3 is 15.6 Å². The van der Waals surface area contributed by atoms with E-state index in [0.29, 0.717) is 22.4 Å². The first-order chi connectivity index (χ1) is 15.1. The second-order valence-electron chi connectivity index (χ2n) is 10.1. The van der Waals surface area contributed by atoms with Crippen molar-refractivity contribution in [2.75, 3.05) is 13.1 Å². The summed E-state index contributed by atoms with van der Waals surface area (Å²) in [5.41, 5.74) is 3.77. The molecular formula is C25H31N5O2. The zero-order valence-electron chi connectivity index (χ0n) is 19.4. The lowest BCUT2D eigenvalue weighted by molar-refractivity contribution is -0.120. The fourth-order valence-corrected chi connectivity index (χ4v) is 4.43. The van der Waals surface area contributed by atoms with Crippen molar-refractivity contribution in [1.82, 2.24) is 25.6 Å². The van der Waals surface area contributed by atoms with Gasteiger partial charge in [0.15, 0.2) is 11.4 Å². The van der Waals surface area contributed by atoms with Crippen molar-refractivity contribution in [3.63, 3.8) is 0 Å². The van der Waals surface area contributed by atoms with Crippen LogP contribution in [0.3, 0.4) is 0 Å². The van der Waals surface area contributed by atoms with Gasteiger partial charge in [0.05, 0.1) is 23.5 Å². The minimum atomic E-state index is -0.511. The van der Waals surface area contributed by atoms with Crippen LogP contribution in [0.15, 0.2) is 36.7 Å². The molecule has 1 amide bonds. The molecule has 32 heavy (non-hydrogen) atoms. The maximum Gasteiger partial charge on any atom is 0.217 e. The third-order valence-electron chi connectivity index (χ3n) is 6.27. The van der Waals surface area contributed by atoms with Crippen LogP contribution < -0.4 is 10.6 Å². The number of H-pyrrole nitrogens is 1. The fourth-order valence-electron chi connectivity index (χ4n) is 4.43. The van der Waals surface area contributed by atoms with Gasteiger partial charge in [0.2, 0.25) is 5.91 Å². The molecule has 1 aromatic carbocycles. The number of aromatic nitrogens is 3. The Morgan fingerprint density at radius 3 is 2.69 bits per heavy atom. The summed E-state index contributed by atoms with van der Waals surface area (Å²) in [7, 11) is 0. The SMILES string of the molecule is CC(=O)NC(c1cccc(-c2cnc3[nH]cc(C(=O)C(C)(C)C)c3n2)c1)C1(C)CCNC1. The van der Waals surface area contributed by atoms with E-state index in [1.165, 1.54) is 0 Å². The minimum Gasteiger partial charge on any atom is -0.349 e. The summed E-state index contributed by atoms with van der Waals surface area (Å²) < 4.78 is 0. The van der Waals surface area contributed by atoms with Crippen LogP contribution in [0.25, 0.3) is 22.4 Å². The molecule has 2 unspecified atom stereocenters. The molecule has 3 aromatic rings. The van der Waals surface area contributed by atoms with Gasteiger partial charge in [-0.3, -0.25) is 9.59 Å². The molecule has 7 heteroatoms. The number of aromatic amines is 1. The molecule has 1 saturated heterocycles. The van der Waals surface area contributed by atoms with Gasteiger partial charge in [0.1, 0.15) is 5.52 Å². The van der Waals surface area contributed by atoms with Crippen molar-refractivity contribution in [2.45, 2.75) is 47.1 Å². The summed E-state index contributed by atoms with van der Waals surface area (Å²) in [4.78, 5) is 37.2. The molecule has 7 nitrogen and oxygen atoms in total. The molecule has 0 spiro atoms. The highest BCUT2D eigenvalue weighted by atomic mass is 16.1. The molecule has 168 valence electrons. The number of hydrogen-bond donors (Lipinski definition) is 3. The molecule has 3 heterocycles. The number of amides is 1. The van der Waals surface area contributed by atoms with Gasteiger partial charge in [-0.25, -0.2) is 9.97 Å². The van der Waals surface area contributed by atoms with Crippen molar-refractivity contribution in [1.29, 1.82) is 0 Å². The van der Waals surface area contributed by atoms with Gasteiger partial charge >= 0.3 is 0 Å². The average Bonchev–Trinajstić information content (AvgIpc) is 3.37. The maximum absolute atomic E-state index is 12.9. The Balaban J connectivity index is 1.75. The first-order valence-corrected chi connectivity index (χ1v) is 11.1. The normalized spacial score (nSPS) is 19.8. The van der Waals surface area contributed by atoms with E-state index in [2.05, 4.69) is 33.6 Å². The van der Waals surface area contributed by atoms with Crippen LogP contribution in [0.1, 0.15) is 63.0 Å². The third kappa shape index (κ3) is 4.17. The molecule has 1 aliphatic rings. The summed E-state index contributed by atoms with van der Waals surface area (Å²) in [5.74, 6) is -0.0243. The van der Waals surface area contributed by atoms with Crippen molar-refractivity contribution in [2.24, 2.45) is 10.8 Å². The predicted octanol–water partition coefficient (Wildman–Crippen LogP) is 4.03. The predicted molar refractivity (Wildman–Crippen MR) is 125 cm³/mol. The second kappa shape index (κ2) is 8.13. The number of nitrogens with zero attached hydrogens (tertiary/aromatic N) is 2. The number of hydrogen-bond acceptors (Lipinski definition) is 5. The van der Waals surface area contributed by atoms with E-state index in [0.717, 1.165) is 30.6 Å². The average molecular weight is 434 g/mol. The summed E-state index contributed by atoms with van der Waals surface area (Å²) in [5, 5.41) is 6.58. The van der Waals surface area contributed by atoms with Crippen LogP contribution in [-0.2, 0) is 4.79 Å². The highest BCUT2D eigenvalue weighted by Crippen LogP contribution is 2.39. The van der Waals surface area contributed by atoms with Crippen LogP contribution in [0.5, 0.6) is 0 Å². The molecule has 1 aliphatic heterocycles. The summed E-state index contributed by atoms with van der Waals surface area (Å²) in [6.45, 7) is 11.2. The van der Waals surface area contributed by atoms with Crippen LogP contribution in [0.4, 0.5) is 0 Å². The lowest BCUT2D eigenvalue weighted by Gasteiger charge is -2.34. The molecule has 0 aliphatic carbocycles.